The summed E-state index contributed by atoms with van der Waals surface area (Å²) in [5.74, 6) is -0.339. The molecule has 122 valence electrons. The van der Waals surface area contributed by atoms with Crippen molar-refractivity contribution < 1.29 is 9.59 Å². The molecule has 1 aromatic carbocycles. The molecule has 2 aromatic rings. The lowest BCUT2D eigenvalue weighted by atomic mass is 10.2. The Hall–Kier alpha value is -2.63. The highest BCUT2D eigenvalue weighted by molar-refractivity contribution is 5.97. The molecule has 1 N–H and O–H groups in total. The van der Waals surface area contributed by atoms with E-state index in [1.807, 2.05) is 51.1 Å². The second-order valence-electron chi connectivity index (χ2n) is 5.16. The van der Waals surface area contributed by atoms with Crippen molar-refractivity contribution in [3.63, 3.8) is 0 Å². The van der Waals surface area contributed by atoms with E-state index in [2.05, 4.69) is 10.4 Å². The normalized spacial score (nSPS) is 10.4. The molecule has 23 heavy (non-hydrogen) atoms. The van der Waals surface area contributed by atoms with Gasteiger partial charge in [0.1, 0.15) is 0 Å². The van der Waals surface area contributed by atoms with E-state index in [0.29, 0.717) is 18.7 Å². The van der Waals surface area contributed by atoms with Gasteiger partial charge >= 0.3 is 0 Å². The lowest BCUT2D eigenvalue weighted by Gasteiger charge is -2.20. The number of amides is 2. The summed E-state index contributed by atoms with van der Waals surface area (Å²) in [6.45, 7) is 6.63. The summed E-state index contributed by atoms with van der Waals surface area (Å²) in [5, 5.41) is 7.02. The summed E-state index contributed by atoms with van der Waals surface area (Å²) in [6.07, 6.45) is 1.56. The molecule has 0 atom stereocenters. The zero-order valence-corrected chi connectivity index (χ0v) is 13.7. The Morgan fingerprint density at radius 1 is 1.22 bits per heavy atom. The van der Waals surface area contributed by atoms with Gasteiger partial charge in [-0.3, -0.25) is 9.59 Å². The van der Waals surface area contributed by atoms with Crippen molar-refractivity contribution in [2.75, 3.05) is 19.6 Å². The van der Waals surface area contributed by atoms with Gasteiger partial charge in [0, 0.05) is 13.1 Å². The largest absolute Gasteiger partial charge is 0.355 e. The Labute approximate surface area is 136 Å². The summed E-state index contributed by atoms with van der Waals surface area (Å²) in [5.41, 5.74) is 2.17. The molecule has 0 saturated heterocycles. The lowest BCUT2D eigenvalue weighted by molar-refractivity contribution is -0.121. The first-order valence-electron chi connectivity index (χ1n) is 7.74. The van der Waals surface area contributed by atoms with Crippen LogP contribution in [-0.4, -0.2) is 46.1 Å². The van der Waals surface area contributed by atoms with Crippen molar-refractivity contribution in [2.24, 2.45) is 0 Å². The average Bonchev–Trinajstić information content (AvgIpc) is 2.94. The topological polar surface area (TPSA) is 67.2 Å². The van der Waals surface area contributed by atoms with Crippen LogP contribution < -0.4 is 5.32 Å². The Morgan fingerprint density at radius 3 is 2.52 bits per heavy atom. The molecule has 0 unspecified atom stereocenters. The smallest absolute Gasteiger partial charge is 0.257 e. The van der Waals surface area contributed by atoms with E-state index in [1.54, 1.807) is 10.9 Å². The molecule has 0 radical (unpaired) electrons. The van der Waals surface area contributed by atoms with Gasteiger partial charge in [-0.2, -0.15) is 5.10 Å². The molecule has 6 nitrogen and oxygen atoms in total. The second-order valence-corrected chi connectivity index (χ2v) is 5.16. The van der Waals surface area contributed by atoms with Gasteiger partial charge < -0.3 is 10.2 Å². The summed E-state index contributed by atoms with van der Waals surface area (Å²) in [7, 11) is 0. The summed E-state index contributed by atoms with van der Waals surface area (Å²) < 4.78 is 1.73. The highest BCUT2D eigenvalue weighted by Crippen LogP contribution is 2.15. The van der Waals surface area contributed by atoms with Gasteiger partial charge in [-0.05, 0) is 32.9 Å². The number of rotatable bonds is 6. The van der Waals surface area contributed by atoms with E-state index >= 15 is 0 Å². The highest BCUT2D eigenvalue weighted by Gasteiger charge is 2.21. The lowest BCUT2D eigenvalue weighted by Crippen LogP contribution is -2.40. The van der Waals surface area contributed by atoms with Crippen molar-refractivity contribution in [1.82, 2.24) is 20.0 Å². The van der Waals surface area contributed by atoms with Gasteiger partial charge in [-0.25, -0.2) is 4.68 Å². The quantitative estimate of drug-likeness (QED) is 0.884. The molecule has 0 aliphatic carbocycles. The van der Waals surface area contributed by atoms with Crippen LogP contribution in [0.3, 0.4) is 0 Å². The molecular weight excluding hydrogens is 292 g/mol. The molecular formula is C17H22N4O2. The number of hydrogen-bond acceptors (Lipinski definition) is 3. The van der Waals surface area contributed by atoms with Gasteiger partial charge in [-0.15, -0.1) is 0 Å². The zero-order valence-electron chi connectivity index (χ0n) is 13.7. The number of carbonyl (C=O) groups excluding carboxylic acids is 2. The van der Waals surface area contributed by atoms with Crippen LogP contribution >= 0.6 is 0 Å². The van der Waals surface area contributed by atoms with Crippen LogP contribution in [0.25, 0.3) is 5.69 Å². The first-order chi connectivity index (χ1) is 11.1. The van der Waals surface area contributed by atoms with Crippen LogP contribution in [0.2, 0.25) is 0 Å². The van der Waals surface area contributed by atoms with E-state index in [0.717, 1.165) is 11.4 Å². The number of benzene rings is 1. The number of nitrogens with one attached hydrogen (secondary N) is 1. The molecule has 2 rings (SSSR count). The number of nitrogens with zero attached hydrogens (tertiary/aromatic N) is 3. The molecule has 0 aliphatic heterocycles. The maximum Gasteiger partial charge on any atom is 0.257 e. The number of hydrogen-bond donors (Lipinski definition) is 1. The number of carbonyl (C=O) groups is 2. The summed E-state index contributed by atoms with van der Waals surface area (Å²) in [6, 6.07) is 9.64. The fourth-order valence-electron chi connectivity index (χ4n) is 2.37. The molecule has 0 bridgehead atoms. The van der Waals surface area contributed by atoms with Gasteiger partial charge in [0.25, 0.3) is 5.91 Å². The molecule has 1 heterocycles. The Kier molecular flexibility index (Phi) is 5.51. The maximum atomic E-state index is 12.7. The molecule has 1 aromatic heterocycles. The number of para-hydroxylation sites is 1. The predicted molar refractivity (Wildman–Crippen MR) is 88.6 cm³/mol. The van der Waals surface area contributed by atoms with Gasteiger partial charge in [0.05, 0.1) is 29.7 Å². The fraction of sp³-hybridized carbons (Fsp3) is 0.353. The third-order valence-electron chi connectivity index (χ3n) is 3.62. The van der Waals surface area contributed by atoms with Crippen LogP contribution in [0.15, 0.2) is 36.5 Å². The van der Waals surface area contributed by atoms with Crippen LogP contribution in [0.5, 0.6) is 0 Å². The van der Waals surface area contributed by atoms with E-state index in [1.165, 1.54) is 4.90 Å². The maximum absolute atomic E-state index is 12.7. The summed E-state index contributed by atoms with van der Waals surface area (Å²) >= 11 is 0. The van der Waals surface area contributed by atoms with Crippen LogP contribution in [0, 0.1) is 6.92 Å². The van der Waals surface area contributed by atoms with E-state index in [-0.39, 0.29) is 18.4 Å². The van der Waals surface area contributed by atoms with Crippen molar-refractivity contribution in [3.8, 4) is 5.69 Å². The van der Waals surface area contributed by atoms with Gasteiger partial charge in [-0.1, -0.05) is 18.2 Å². The fourth-order valence-corrected chi connectivity index (χ4v) is 2.37. The monoisotopic (exact) mass is 314 g/mol. The predicted octanol–water partition coefficient (Wildman–Crippen LogP) is 1.78. The molecule has 6 heteroatoms. The molecule has 2 amide bonds. The molecule has 0 fully saturated rings. The van der Waals surface area contributed by atoms with E-state index in [4.69, 9.17) is 0 Å². The Balaban J connectivity index is 2.22. The zero-order chi connectivity index (χ0) is 16.8. The SMILES string of the molecule is CCNC(=O)CN(CC)C(=O)c1cnn(-c2ccccc2)c1C. The van der Waals surface area contributed by atoms with Crippen LogP contribution in [0.4, 0.5) is 0 Å². The Bertz CT molecular complexity index is 679. The first-order valence-corrected chi connectivity index (χ1v) is 7.74. The Morgan fingerprint density at radius 2 is 1.91 bits per heavy atom. The number of aromatic nitrogens is 2. The molecule has 0 aliphatic rings. The third-order valence-corrected chi connectivity index (χ3v) is 3.62. The summed E-state index contributed by atoms with van der Waals surface area (Å²) in [4.78, 5) is 25.9. The second kappa shape index (κ2) is 7.58. The highest BCUT2D eigenvalue weighted by atomic mass is 16.2. The number of likely N-dealkylation sites (N-methyl/N-ethyl adjacent to an activating group) is 2. The molecule has 0 saturated carbocycles. The third kappa shape index (κ3) is 3.77. The minimum absolute atomic E-state index is 0.0547. The molecule has 0 spiro atoms. The van der Waals surface area contributed by atoms with Crippen molar-refractivity contribution in [3.05, 3.63) is 47.8 Å². The average molecular weight is 314 g/mol. The van der Waals surface area contributed by atoms with Gasteiger partial charge in [0.15, 0.2) is 0 Å². The minimum atomic E-state index is -0.182. The van der Waals surface area contributed by atoms with Crippen molar-refractivity contribution in [2.45, 2.75) is 20.8 Å². The van der Waals surface area contributed by atoms with Crippen molar-refractivity contribution in [1.29, 1.82) is 0 Å². The van der Waals surface area contributed by atoms with Crippen molar-refractivity contribution >= 4 is 11.8 Å². The van der Waals surface area contributed by atoms with E-state index in [9.17, 15) is 9.59 Å². The van der Waals surface area contributed by atoms with Crippen LogP contribution in [0.1, 0.15) is 29.9 Å². The van der Waals surface area contributed by atoms with E-state index < -0.39 is 0 Å². The minimum Gasteiger partial charge on any atom is -0.355 e. The first kappa shape index (κ1) is 16.7. The van der Waals surface area contributed by atoms with Gasteiger partial charge in [0.2, 0.25) is 5.91 Å². The van der Waals surface area contributed by atoms with Crippen LogP contribution in [-0.2, 0) is 4.79 Å². The standard InChI is InChI=1S/C17H22N4O2/c1-4-18-16(22)12-20(5-2)17(23)15-11-19-21(13(15)3)14-9-7-6-8-10-14/h6-11H,4-5,12H2,1-3H3,(H,18,22).